The third-order valence-corrected chi connectivity index (χ3v) is 2.89. The Bertz CT molecular complexity index is 301. The fourth-order valence-electron chi connectivity index (χ4n) is 1.88. The Balaban J connectivity index is 2.09. The molecule has 0 aromatic carbocycles. The standard InChI is InChI=1S/C11H16ClN3/c12-11-9-10(3-1-2-4-14-11)15-7-5-13-6-8-15/h2,4,9,13H,1,3,5-8H2. The van der Waals surface area contributed by atoms with Gasteiger partial charge in [-0.25, -0.2) is 4.99 Å². The second-order valence-corrected chi connectivity index (χ2v) is 4.14. The minimum Gasteiger partial charge on any atom is -0.372 e. The molecule has 3 nitrogen and oxygen atoms in total. The second kappa shape index (κ2) is 5.33. The number of rotatable bonds is 1. The van der Waals surface area contributed by atoms with Gasteiger partial charge in [0.25, 0.3) is 0 Å². The summed E-state index contributed by atoms with van der Waals surface area (Å²) >= 11 is 5.99. The van der Waals surface area contributed by atoms with E-state index in [-0.39, 0.29) is 0 Å². The second-order valence-electron chi connectivity index (χ2n) is 3.75. The zero-order chi connectivity index (χ0) is 10.5. The molecule has 82 valence electrons. The first-order chi connectivity index (χ1) is 7.36. The predicted octanol–water partition coefficient (Wildman–Crippen LogP) is 1.72. The van der Waals surface area contributed by atoms with E-state index in [2.05, 4.69) is 21.3 Å². The normalized spacial score (nSPS) is 22.9. The molecule has 2 heterocycles. The number of hydrogen-bond acceptors (Lipinski definition) is 3. The van der Waals surface area contributed by atoms with Gasteiger partial charge in [-0.1, -0.05) is 17.7 Å². The lowest BCUT2D eigenvalue weighted by molar-refractivity contribution is 0.291. The topological polar surface area (TPSA) is 27.6 Å². The van der Waals surface area contributed by atoms with Crippen molar-refractivity contribution in [2.75, 3.05) is 26.2 Å². The number of halogens is 1. The van der Waals surface area contributed by atoms with Gasteiger partial charge in [0.15, 0.2) is 0 Å². The van der Waals surface area contributed by atoms with Crippen LogP contribution in [0.25, 0.3) is 0 Å². The third kappa shape index (κ3) is 3.08. The van der Waals surface area contributed by atoms with Crippen molar-refractivity contribution in [2.45, 2.75) is 12.8 Å². The Morgan fingerprint density at radius 2 is 2.13 bits per heavy atom. The van der Waals surface area contributed by atoms with Crippen molar-refractivity contribution in [3.63, 3.8) is 0 Å². The van der Waals surface area contributed by atoms with E-state index in [1.807, 2.05) is 6.08 Å². The maximum Gasteiger partial charge on any atom is 0.130 e. The van der Waals surface area contributed by atoms with E-state index < -0.39 is 0 Å². The predicted molar refractivity (Wildman–Crippen MR) is 64.2 cm³/mol. The Morgan fingerprint density at radius 3 is 2.93 bits per heavy atom. The summed E-state index contributed by atoms with van der Waals surface area (Å²) in [4.78, 5) is 6.51. The molecule has 1 N–H and O–H groups in total. The van der Waals surface area contributed by atoms with Crippen LogP contribution < -0.4 is 5.32 Å². The summed E-state index contributed by atoms with van der Waals surface area (Å²) in [5.74, 6) is 0. The van der Waals surface area contributed by atoms with Gasteiger partial charge >= 0.3 is 0 Å². The molecule has 0 aromatic heterocycles. The molecular formula is C11H16ClN3. The van der Waals surface area contributed by atoms with Gasteiger partial charge in [-0.15, -0.1) is 0 Å². The first-order valence-corrected chi connectivity index (χ1v) is 5.78. The quantitative estimate of drug-likeness (QED) is 0.736. The van der Waals surface area contributed by atoms with Crippen LogP contribution in [0, 0.1) is 0 Å². The number of piperazine rings is 1. The number of hydrogen-bond donors (Lipinski definition) is 1. The lowest BCUT2D eigenvalue weighted by Crippen LogP contribution is -2.43. The molecule has 15 heavy (non-hydrogen) atoms. The van der Waals surface area contributed by atoms with Crippen molar-refractivity contribution in [1.29, 1.82) is 0 Å². The third-order valence-electron chi connectivity index (χ3n) is 2.68. The van der Waals surface area contributed by atoms with Gasteiger partial charge < -0.3 is 10.2 Å². The maximum atomic E-state index is 5.99. The molecule has 0 aromatic rings. The largest absolute Gasteiger partial charge is 0.372 e. The van der Waals surface area contributed by atoms with Gasteiger partial charge in [0.05, 0.1) is 0 Å². The van der Waals surface area contributed by atoms with Crippen molar-refractivity contribution >= 4 is 16.8 Å². The molecule has 0 amide bonds. The molecule has 0 radical (unpaired) electrons. The highest BCUT2D eigenvalue weighted by atomic mass is 35.5. The van der Waals surface area contributed by atoms with Crippen LogP contribution >= 0.6 is 11.6 Å². The van der Waals surface area contributed by atoms with Crippen LogP contribution in [-0.2, 0) is 0 Å². The van der Waals surface area contributed by atoms with E-state index in [0.717, 1.165) is 39.0 Å². The van der Waals surface area contributed by atoms with E-state index in [4.69, 9.17) is 11.6 Å². The van der Waals surface area contributed by atoms with Gasteiger partial charge in [0.1, 0.15) is 5.17 Å². The fourth-order valence-corrected chi connectivity index (χ4v) is 2.06. The summed E-state index contributed by atoms with van der Waals surface area (Å²) in [5, 5.41) is 3.93. The Labute approximate surface area is 95.5 Å². The van der Waals surface area contributed by atoms with E-state index in [9.17, 15) is 0 Å². The van der Waals surface area contributed by atoms with Gasteiger partial charge in [-0.3, -0.25) is 0 Å². The SMILES string of the molecule is ClC1=NC=CCCC(N2CCNCC2)=C1. The molecule has 1 fully saturated rings. The average Bonchev–Trinajstić information content (AvgIpc) is 2.24. The van der Waals surface area contributed by atoms with Gasteiger partial charge in [-0.2, -0.15) is 0 Å². The van der Waals surface area contributed by atoms with Crippen molar-refractivity contribution < 1.29 is 0 Å². The van der Waals surface area contributed by atoms with Gasteiger partial charge in [0, 0.05) is 38.1 Å². The summed E-state index contributed by atoms with van der Waals surface area (Å²) in [6.45, 7) is 4.25. The molecular weight excluding hydrogens is 210 g/mol. The highest BCUT2D eigenvalue weighted by Crippen LogP contribution is 2.15. The van der Waals surface area contributed by atoms with Crippen LogP contribution in [0.5, 0.6) is 0 Å². The number of nitrogens with one attached hydrogen (secondary N) is 1. The summed E-state index contributed by atoms with van der Waals surface area (Å²) in [6.07, 6.45) is 7.95. The average molecular weight is 226 g/mol. The number of aliphatic imine (C=N–C) groups is 1. The molecule has 1 saturated heterocycles. The van der Waals surface area contributed by atoms with Crippen molar-refractivity contribution in [1.82, 2.24) is 10.2 Å². The first kappa shape index (κ1) is 10.7. The highest BCUT2D eigenvalue weighted by molar-refractivity contribution is 6.68. The molecule has 0 bridgehead atoms. The van der Waals surface area contributed by atoms with Crippen LogP contribution in [-0.4, -0.2) is 36.2 Å². The smallest absolute Gasteiger partial charge is 0.130 e. The van der Waals surface area contributed by atoms with Crippen LogP contribution in [0.1, 0.15) is 12.8 Å². The summed E-state index contributed by atoms with van der Waals surface area (Å²) in [5.41, 5.74) is 1.31. The lowest BCUT2D eigenvalue weighted by Gasteiger charge is -2.31. The Kier molecular flexibility index (Phi) is 3.80. The molecule has 2 aliphatic heterocycles. The van der Waals surface area contributed by atoms with E-state index in [1.165, 1.54) is 5.70 Å². The summed E-state index contributed by atoms with van der Waals surface area (Å²) in [7, 11) is 0. The van der Waals surface area contributed by atoms with Crippen molar-refractivity contribution in [3.8, 4) is 0 Å². The molecule has 2 aliphatic rings. The Morgan fingerprint density at radius 1 is 1.33 bits per heavy atom. The lowest BCUT2D eigenvalue weighted by atomic mass is 10.1. The molecule has 0 aliphatic carbocycles. The van der Waals surface area contributed by atoms with Crippen molar-refractivity contribution in [2.24, 2.45) is 4.99 Å². The van der Waals surface area contributed by atoms with E-state index in [1.54, 1.807) is 6.20 Å². The number of nitrogens with zero attached hydrogens (tertiary/aromatic N) is 2. The summed E-state index contributed by atoms with van der Waals surface area (Å²) < 4.78 is 0. The van der Waals surface area contributed by atoms with E-state index in [0.29, 0.717) is 5.17 Å². The fraction of sp³-hybridized carbons (Fsp3) is 0.545. The van der Waals surface area contributed by atoms with Gasteiger partial charge in [0.2, 0.25) is 0 Å². The molecule has 2 rings (SSSR count). The van der Waals surface area contributed by atoms with Crippen LogP contribution in [0.3, 0.4) is 0 Å². The molecule has 4 heteroatoms. The zero-order valence-electron chi connectivity index (χ0n) is 8.75. The molecule has 0 atom stereocenters. The van der Waals surface area contributed by atoms with E-state index >= 15 is 0 Å². The molecule has 0 unspecified atom stereocenters. The zero-order valence-corrected chi connectivity index (χ0v) is 9.50. The Hall–Kier alpha value is -0.800. The first-order valence-electron chi connectivity index (χ1n) is 5.41. The number of allylic oxidation sites excluding steroid dienone is 3. The highest BCUT2D eigenvalue weighted by Gasteiger charge is 2.13. The van der Waals surface area contributed by atoms with Gasteiger partial charge in [-0.05, 0) is 18.9 Å². The molecule has 0 saturated carbocycles. The van der Waals surface area contributed by atoms with Crippen molar-refractivity contribution in [3.05, 3.63) is 24.0 Å². The summed E-state index contributed by atoms with van der Waals surface area (Å²) in [6, 6.07) is 0. The minimum absolute atomic E-state index is 0.583. The van der Waals surface area contributed by atoms with Crippen LogP contribution in [0.4, 0.5) is 0 Å². The minimum atomic E-state index is 0.583. The monoisotopic (exact) mass is 225 g/mol. The van der Waals surface area contributed by atoms with Crippen LogP contribution in [0.2, 0.25) is 0 Å². The molecule has 0 spiro atoms. The maximum absolute atomic E-state index is 5.99. The van der Waals surface area contributed by atoms with Crippen LogP contribution in [0.15, 0.2) is 29.0 Å².